The minimum absolute atomic E-state index is 0.0430. The van der Waals surface area contributed by atoms with E-state index in [0.29, 0.717) is 46.7 Å². The summed E-state index contributed by atoms with van der Waals surface area (Å²) in [5, 5.41) is 3.11. The number of hydrogen-bond acceptors (Lipinski definition) is 6. The van der Waals surface area contributed by atoms with Crippen LogP contribution in [0.5, 0.6) is 11.5 Å². The molecule has 9 nitrogen and oxygen atoms in total. The van der Waals surface area contributed by atoms with Crippen LogP contribution in [0, 0.1) is 6.92 Å². The molecule has 1 N–H and O–H groups in total. The van der Waals surface area contributed by atoms with Crippen molar-refractivity contribution < 1.29 is 19.0 Å². The van der Waals surface area contributed by atoms with Gasteiger partial charge in [-0.25, -0.2) is 4.79 Å². The first-order valence-corrected chi connectivity index (χ1v) is 12.2. The van der Waals surface area contributed by atoms with Crippen molar-refractivity contribution >= 4 is 16.8 Å². The fourth-order valence-electron chi connectivity index (χ4n) is 4.31. The third-order valence-electron chi connectivity index (χ3n) is 6.47. The second-order valence-electron chi connectivity index (χ2n) is 8.86. The SMILES string of the molecule is COCCNC(=O)c1ccc(Cn2c(=O)c3cc(OC)c(OC)cc3n(Cc3ccccc3C)c2=O)cc1. The first-order valence-electron chi connectivity index (χ1n) is 12.2. The molecule has 0 bridgehead atoms. The van der Waals surface area contributed by atoms with Crippen molar-refractivity contribution in [3.05, 3.63) is 104 Å². The number of amides is 1. The van der Waals surface area contributed by atoms with Crippen LogP contribution in [0.2, 0.25) is 0 Å². The zero-order valence-electron chi connectivity index (χ0n) is 21.9. The van der Waals surface area contributed by atoms with E-state index < -0.39 is 11.2 Å². The Kier molecular flexibility index (Phi) is 8.28. The third-order valence-corrected chi connectivity index (χ3v) is 6.47. The summed E-state index contributed by atoms with van der Waals surface area (Å²) in [5.41, 5.74) is 2.75. The first-order chi connectivity index (χ1) is 18.4. The van der Waals surface area contributed by atoms with Crippen molar-refractivity contribution in [1.29, 1.82) is 0 Å². The second-order valence-corrected chi connectivity index (χ2v) is 8.86. The minimum Gasteiger partial charge on any atom is -0.493 e. The molecule has 0 aliphatic heterocycles. The van der Waals surface area contributed by atoms with Crippen LogP contribution in [0.3, 0.4) is 0 Å². The van der Waals surface area contributed by atoms with Gasteiger partial charge in [0.05, 0.1) is 44.8 Å². The van der Waals surface area contributed by atoms with Crippen LogP contribution in [0.15, 0.2) is 70.3 Å². The van der Waals surface area contributed by atoms with Crippen molar-refractivity contribution in [2.45, 2.75) is 20.0 Å². The highest BCUT2D eigenvalue weighted by molar-refractivity contribution is 5.94. The molecule has 198 valence electrons. The lowest BCUT2D eigenvalue weighted by molar-refractivity contribution is 0.0937. The number of nitrogens with zero attached hydrogens (tertiary/aromatic N) is 2. The fourth-order valence-corrected chi connectivity index (χ4v) is 4.31. The van der Waals surface area contributed by atoms with Crippen LogP contribution >= 0.6 is 0 Å². The molecule has 38 heavy (non-hydrogen) atoms. The predicted molar refractivity (Wildman–Crippen MR) is 146 cm³/mol. The molecular weight excluding hydrogens is 486 g/mol. The van der Waals surface area contributed by atoms with Gasteiger partial charge in [-0.1, -0.05) is 36.4 Å². The topological polar surface area (TPSA) is 101 Å². The molecule has 0 aliphatic rings. The summed E-state index contributed by atoms with van der Waals surface area (Å²) in [4.78, 5) is 39.7. The largest absolute Gasteiger partial charge is 0.493 e. The summed E-state index contributed by atoms with van der Waals surface area (Å²) < 4.78 is 18.6. The number of nitrogens with one attached hydrogen (secondary N) is 1. The Bertz CT molecular complexity index is 1570. The van der Waals surface area contributed by atoms with Gasteiger partial charge in [-0.05, 0) is 41.8 Å². The van der Waals surface area contributed by atoms with E-state index in [0.717, 1.165) is 11.1 Å². The van der Waals surface area contributed by atoms with Crippen molar-refractivity contribution in [3.63, 3.8) is 0 Å². The summed E-state index contributed by atoms with van der Waals surface area (Å²) in [6.45, 7) is 3.12. The fraction of sp³-hybridized carbons (Fsp3) is 0.276. The lowest BCUT2D eigenvalue weighted by Crippen LogP contribution is -2.40. The number of rotatable bonds is 10. The van der Waals surface area contributed by atoms with Crippen LogP contribution in [0.4, 0.5) is 0 Å². The third kappa shape index (κ3) is 5.47. The monoisotopic (exact) mass is 517 g/mol. The highest BCUT2D eigenvalue weighted by atomic mass is 16.5. The van der Waals surface area contributed by atoms with E-state index in [-0.39, 0.29) is 19.0 Å². The average molecular weight is 518 g/mol. The van der Waals surface area contributed by atoms with Crippen LogP contribution in [-0.4, -0.2) is 49.5 Å². The van der Waals surface area contributed by atoms with Gasteiger partial charge in [0.15, 0.2) is 11.5 Å². The Morgan fingerprint density at radius 3 is 2.21 bits per heavy atom. The summed E-state index contributed by atoms with van der Waals surface area (Å²) in [6.07, 6.45) is 0. The highest BCUT2D eigenvalue weighted by Gasteiger charge is 2.18. The predicted octanol–water partition coefficient (Wildman–Crippen LogP) is 2.96. The Balaban J connectivity index is 1.79. The van der Waals surface area contributed by atoms with Gasteiger partial charge >= 0.3 is 5.69 Å². The van der Waals surface area contributed by atoms with E-state index in [1.807, 2.05) is 31.2 Å². The van der Waals surface area contributed by atoms with E-state index in [4.69, 9.17) is 14.2 Å². The zero-order valence-corrected chi connectivity index (χ0v) is 21.9. The van der Waals surface area contributed by atoms with Crippen LogP contribution in [0.25, 0.3) is 10.9 Å². The minimum atomic E-state index is -0.445. The van der Waals surface area contributed by atoms with Crippen molar-refractivity contribution in [2.75, 3.05) is 34.5 Å². The van der Waals surface area contributed by atoms with E-state index in [1.165, 1.54) is 18.8 Å². The van der Waals surface area contributed by atoms with Gasteiger partial charge in [0.2, 0.25) is 0 Å². The molecule has 0 unspecified atom stereocenters. The van der Waals surface area contributed by atoms with Gasteiger partial charge in [-0.3, -0.25) is 18.7 Å². The maximum Gasteiger partial charge on any atom is 0.332 e. The number of benzene rings is 3. The highest BCUT2D eigenvalue weighted by Crippen LogP contribution is 2.30. The number of carbonyl (C=O) groups is 1. The Hall–Kier alpha value is -4.37. The maximum absolute atomic E-state index is 13.8. The molecule has 3 aromatic carbocycles. The number of fused-ring (bicyclic) bond motifs is 1. The van der Waals surface area contributed by atoms with Crippen molar-refractivity contribution in [3.8, 4) is 11.5 Å². The molecule has 0 saturated carbocycles. The normalized spacial score (nSPS) is 10.9. The van der Waals surface area contributed by atoms with Gasteiger partial charge in [0.1, 0.15) is 0 Å². The number of carbonyl (C=O) groups excluding carboxylic acids is 1. The van der Waals surface area contributed by atoms with E-state index >= 15 is 0 Å². The number of aryl methyl sites for hydroxylation is 1. The maximum atomic E-state index is 13.8. The number of methoxy groups -OCH3 is 3. The standard InChI is InChI=1S/C29H31N3O6/c1-19-7-5-6-8-22(19)18-31-24-16-26(38-4)25(37-3)15-23(24)28(34)32(29(31)35)17-20-9-11-21(12-10-20)27(33)30-13-14-36-2/h5-12,15-16H,13-14,17-18H2,1-4H3,(H,30,33). The molecule has 0 spiro atoms. The summed E-state index contributed by atoms with van der Waals surface area (Å²) in [6, 6.07) is 17.9. The van der Waals surface area contributed by atoms with E-state index in [1.54, 1.807) is 48.1 Å². The van der Waals surface area contributed by atoms with Gasteiger partial charge in [-0.15, -0.1) is 0 Å². The quantitative estimate of drug-likeness (QED) is 0.325. The van der Waals surface area contributed by atoms with Crippen molar-refractivity contribution in [1.82, 2.24) is 14.5 Å². The number of ether oxygens (including phenoxy) is 3. The molecule has 0 aliphatic carbocycles. The molecule has 0 fully saturated rings. The summed E-state index contributed by atoms with van der Waals surface area (Å²) in [5.74, 6) is 0.598. The van der Waals surface area contributed by atoms with Crippen LogP contribution in [-0.2, 0) is 17.8 Å². The lowest BCUT2D eigenvalue weighted by Gasteiger charge is -2.17. The van der Waals surface area contributed by atoms with Gasteiger partial charge in [0.25, 0.3) is 11.5 Å². The van der Waals surface area contributed by atoms with Crippen LogP contribution < -0.4 is 26.0 Å². The van der Waals surface area contributed by atoms with Crippen molar-refractivity contribution in [2.24, 2.45) is 0 Å². The smallest absolute Gasteiger partial charge is 0.332 e. The second kappa shape index (κ2) is 11.8. The summed E-state index contributed by atoms with van der Waals surface area (Å²) in [7, 11) is 4.58. The van der Waals surface area contributed by atoms with E-state index in [9.17, 15) is 14.4 Å². The van der Waals surface area contributed by atoms with Gasteiger partial charge in [0, 0.05) is 25.3 Å². The molecular formula is C29H31N3O6. The zero-order chi connectivity index (χ0) is 27.2. The Morgan fingerprint density at radius 2 is 1.55 bits per heavy atom. The number of aromatic nitrogens is 2. The molecule has 0 radical (unpaired) electrons. The molecule has 1 heterocycles. The molecule has 4 rings (SSSR count). The molecule has 0 saturated heterocycles. The molecule has 1 amide bonds. The average Bonchev–Trinajstić information content (AvgIpc) is 2.94. The lowest BCUT2D eigenvalue weighted by atomic mass is 10.1. The Labute approximate surface area is 220 Å². The van der Waals surface area contributed by atoms with E-state index in [2.05, 4.69) is 5.32 Å². The molecule has 9 heteroatoms. The number of hydrogen-bond donors (Lipinski definition) is 1. The molecule has 0 atom stereocenters. The van der Waals surface area contributed by atoms with Crippen LogP contribution in [0.1, 0.15) is 27.0 Å². The van der Waals surface area contributed by atoms with Gasteiger partial charge < -0.3 is 19.5 Å². The van der Waals surface area contributed by atoms with Gasteiger partial charge in [-0.2, -0.15) is 0 Å². The molecule has 4 aromatic rings. The first kappa shape index (κ1) is 26.7. The summed E-state index contributed by atoms with van der Waals surface area (Å²) >= 11 is 0. The Morgan fingerprint density at radius 1 is 0.868 bits per heavy atom. The molecule has 1 aromatic heterocycles.